The van der Waals surface area contributed by atoms with Crippen molar-refractivity contribution >= 4 is 5.91 Å². The number of hydrogen-bond donors (Lipinski definition) is 1. The minimum Gasteiger partial charge on any atom is -0.339 e. The molecule has 0 aromatic carbocycles. The fourth-order valence-electron chi connectivity index (χ4n) is 3.71. The molecule has 2 aliphatic rings. The highest BCUT2D eigenvalue weighted by atomic mass is 16.2. The summed E-state index contributed by atoms with van der Waals surface area (Å²) in [4.78, 5) is 14.6. The summed E-state index contributed by atoms with van der Waals surface area (Å²) in [7, 11) is 0. The van der Waals surface area contributed by atoms with Crippen LogP contribution in [0.5, 0.6) is 0 Å². The van der Waals surface area contributed by atoms with Crippen LogP contribution >= 0.6 is 0 Å². The molecule has 1 aliphatic heterocycles. The third-order valence-electron chi connectivity index (χ3n) is 4.68. The lowest BCUT2D eigenvalue weighted by Crippen LogP contribution is -2.49. The number of hydrogen-bond acceptors (Lipinski definition) is 2. The van der Waals surface area contributed by atoms with Gasteiger partial charge in [-0.1, -0.05) is 26.7 Å². The number of carbonyl (C=O) groups excluding carboxylic acids is 1. The molecule has 3 nitrogen and oxygen atoms in total. The molecule has 1 amide bonds. The molecule has 0 spiro atoms. The quantitative estimate of drug-likeness (QED) is 0.776. The SMILES string of the molecule is CC(C)NCCCC(=O)N1CCCC2CCCCC21. The van der Waals surface area contributed by atoms with Crippen LogP contribution < -0.4 is 5.32 Å². The highest BCUT2D eigenvalue weighted by Gasteiger charge is 2.35. The van der Waals surface area contributed by atoms with Gasteiger partial charge in [-0.05, 0) is 44.6 Å². The van der Waals surface area contributed by atoms with Gasteiger partial charge in [0.05, 0.1) is 0 Å². The molecule has 3 heteroatoms. The number of piperidine rings is 1. The summed E-state index contributed by atoms with van der Waals surface area (Å²) in [6.07, 6.45) is 9.57. The van der Waals surface area contributed by atoms with Crippen molar-refractivity contribution in [3.63, 3.8) is 0 Å². The predicted molar refractivity (Wildman–Crippen MR) is 79.1 cm³/mol. The van der Waals surface area contributed by atoms with E-state index in [1.165, 1.54) is 38.5 Å². The highest BCUT2D eigenvalue weighted by molar-refractivity contribution is 5.76. The first-order valence-corrected chi connectivity index (χ1v) is 8.21. The zero-order chi connectivity index (χ0) is 13.7. The topological polar surface area (TPSA) is 32.3 Å². The van der Waals surface area contributed by atoms with Crippen molar-refractivity contribution in [2.75, 3.05) is 13.1 Å². The van der Waals surface area contributed by atoms with Crippen LogP contribution in [0.1, 0.15) is 65.2 Å². The molecule has 1 saturated heterocycles. The standard InChI is InChI=1S/C16H30N2O/c1-13(2)17-11-5-10-16(19)18-12-6-8-14-7-3-4-9-15(14)18/h13-15,17H,3-12H2,1-2H3. The Labute approximate surface area is 118 Å². The molecule has 0 aromatic heterocycles. The first-order valence-electron chi connectivity index (χ1n) is 8.21. The summed E-state index contributed by atoms with van der Waals surface area (Å²) in [5.41, 5.74) is 0. The van der Waals surface area contributed by atoms with Gasteiger partial charge in [0.15, 0.2) is 0 Å². The van der Waals surface area contributed by atoms with Gasteiger partial charge >= 0.3 is 0 Å². The predicted octanol–water partition coefficient (Wildman–Crippen LogP) is 2.95. The minimum absolute atomic E-state index is 0.405. The van der Waals surface area contributed by atoms with E-state index < -0.39 is 0 Å². The van der Waals surface area contributed by atoms with Crippen LogP contribution in [0.4, 0.5) is 0 Å². The van der Waals surface area contributed by atoms with Gasteiger partial charge in [0.1, 0.15) is 0 Å². The zero-order valence-electron chi connectivity index (χ0n) is 12.7. The lowest BCUT2D eigenvalue weighted by molar-refractivity contribution is -0.137. The maximum absolute atomic E-state index is 12.4. The van der Waals surface area contributed by atoms with Gasteiger partial charge in [-0.3, -0.25) is 4.79 Å². The summed E-state index contributed by atoms with van der Waals surface area (Å²) < 4.78 is 0. The van der Waals surface area contributed by atoms with Crippen molar-refractivity contribution in [3.05, 3.63) is 0 Å². The largest absolute Gasteiger partial charge is 0.339 e. The fourth-order valence-corrected chi connectivity index (χ4v) is 3.71. The molecule has 1 aliphatic carbocycles. The van der Waals surface area contributed by atoms with E-state index in [0.717, 1.165) is 31.8 Å². The molecule has 0 bridgehead atoms. The van der Waals surface area contributed by atoms with Gasteiger partial charge < -0.3 is 10.2 Å². The van der Waals surface area contributed by atoms with Gasteiger partial charge in [-0.2, -0.15) is 0 Å². The van der Waals surface area contributed by atoms with E-state index in [2.05, 4.69) is 24.1 Å². The van der Waals surface area contributed by atoms with Crippen LogP contribution in [0.3, 0.4) is 0 Å². The smallest absolute Gasteiger partial charge is 0.222 e. The lowest BCUT2D eigenvalue weighted by Gasteiger charge is -2.44. The summed E-state index contributed by atoms with van der Waals surface area (Å²) >= 11 is 0. The Morgan fingerprint density at radius 2 is 1.95 bits per heavy atom. The molecule has 0 radical (unpaired) electrons. The van der Waals surface area contributed by atoms with Gasteiger partial charge in [0, 0.05) is 25.0 Å². The second-order valence-corrected chi connectivity index (χ2v) is 6.55. The number of fused-ring (bicyclic) bond motifs is 1. The number of nitrogens with zero attached hydrogens (tertiary/aromatic N) is 1. The molecule has 2 fully saturated rings. The van der Waals surface area contributed by atoms with Gasteiger partial charge in [0.2, 0.25) is 5.91 Å². The number of likely N-dealkylation sites (tertiary alicyclic amines) is 1. The molecular weight excluding hydrogens is 236 g/mol. The third kappa shape index (κ3) is 4.20. The van der Waals surface area contributed by atoms with E-state index in [-0.39, 0.29) is 0 Å². The maximum atomic E-state index is 12.4. The maximum Gasteiger partial charge on any atom is 0.222 e. The normalized spacial score (nSPS) is 27.4. The van der Waals surface area contributed by atoms with Gasteiger partial charge in [0.25, 0.3) is 0 Å². The van der Waals surface area contributed by atoms with Crippen LogP contribution in [0.25, 0.3) is 0 Å². The van der Waals surface area contributed by atoms with Crippen molar-refractivity contribution in [1.82, 2.24) is 10.2 Å². The molecule has 19 heavy (non-hydrogen) atoms. The second kappa shape index (κ2) is 7.28. The highest BCUT2D eigenvalue weighted by Crippen LogP contribution is 2.35. The van der Waals surface area contributed by atoms with Crippen LogP contribution in [0.2, 0.25) is 0 Å². The van der Waals surface area contributed by atoms with E-state index in [4.69, 9.17) is 0 Å². The van der Waals surface area contributed by atoms with E-state index in [1.54, 1.807) is 0 Å². The van der Waals surface area contributed by atoms with E-state index >= 15 is 0 Å². The van der Waals surface area contributed by atoms with Gasteiger partial charge in [-0.25, -0.2) is 0 Å². The zero-order valence-corrected chi connectivity index (χ0v) is 12.7. The first-order chi connectivity index (χ1) is 9.18. The van der Waals surface area contributed by atoms with Crippen molar-refractivity contribution < 1.29 is 4.79 Å². The minimum atomic E-state index is 0.405. The van der Waals surface area contributed by atoms with Crippen molar-refractivity contribution in [2.24, 2.45) is 5.92 Å². The van der Waals surface area contributed by atoms with Crippen LogP contribution in [0.15, 0.2) is 0 Å². The number of amides is 1. The molecular formula is C16H30N2O. The molecule has 0 aromatic rings. The van der Waals surface area contributed by atoms with Crippen molar-refractivity contribution in [2.45, 2.75) is 77.3 Å². The molecule has 110 valence electrons. The Morgan fingerprint density at radius 3 is 2.74 bits per heavy atom. The monoisotopic (exact) mass is 266 g/mol. The summed E-state index contributed by atoms with van der Waals surface area (Å²) in [5, 5.41) is 3.39. The summed E-state index contributed by atoms with van der Waals surface area (Å²) in [6.45, 7) is 6.28. The lowest BCUT2D eigenvalue weighted by atomic mass is 9.78. The molecule has 1 heterocycles. The summed E-state index contributed by atoms with van der Waals surface area (Å²) in [5.74, 6) is 1.21. The molecule has 2 atom stereocenters. The van der Waals surface area contributed by atoms with Crippen LogP contribution in [-0.4, -0.2) is 36.0 Å². The Balaban J connectivity index is 1.77. The molecule has 2 unspecified atom stereocenters. The fraction of sp³-hybridized carbons (Fsp3) is 0.938. The van der Waals surface area contributed by atoms with Crippen LogP contribution in [-0.2, 0) is 4.79 Å². The van der Waals surface area contributed by atoms with Crippen molar-refractivity contribution in [3.8, 4) is 0 Å². The molecule has 2 rings (SSSR count). The van der Waals surface area contributed by atoms with Gasteiger partial charge in [-0.15, -0.1) is 0 Å². The average Bonchev–Trinajstić information content (AvgIpc) is 2.42. The Bertz CT molecular complexity index is 288. The number of carbonyl (C=O) groups is 1. The van der Waals surface area contributed by atoms with Crippen molar-refractivity contribution in [1.29, 1.82) is 0 Å². The average molecular weight is 266 g/mol. The van der Waals surface area contributed by atoms with E-state index in [9.17, 15) is 4.79 Å². The number of rotatable bonds is 5. The Hall–Kier alpha value is -0.570. The molecule has 1 N–H and O–H groups in total. The molecule has 1 saturated carbocycles. The third-order valence-corrected chi connectivity index (χ3v) is 4.68. The summed E-state index contributed by atoms with van der Waals surface area (Å²) in [6, 6.07) is 1.10. The second-order valence-electron chi connectivity index (χ2n) is 6.55. The Morgan fingerprint density at radius 1 is 1.21 bits per heavy atom. The number of nitrogens with one attached hydrogen (secondary N) is 1. The van der Waals surface area contributed by atoms with E-state index in [0.29, 0.717) is 18.0 Å². The Kier molecular flexibility index (Phi) is 5.68. The first kappa shape index (κ1) is 14.8. The van der Waals surface area contributed by atoms with E-state index in [1.807, 2.05) is 0 Å². The van der Waals surface area contributed by atoms with Crippen LogP contribution in [0, 0.1) is 5.92 Å².